The molecule has 0 aromatic rings. The molecule has 0 bridgehead atoms. The lowest BCUT2D eigenvalue weighted by Crippen LogP contribution is -2.21. The molecule has 0 fully saturated rings. The van der Waals surface area contributed by atoms with Crippen LogP contribution in [-0.4, -0.2) is 12.2 Å². The lowest BCUT2D eigenvalue weighted by Gasteiger charge is -2.06. The van der Waals surface area contributed by atoms with E-state index in [0.717, 1.165) is 24.1 Å². The fourth-order valence-electron chi connectivity index (χ4n) is 1.24. The number of aliphatic imine (C=N–C) groups is 2. The smallest absolute Gasteiger partial charge is 0.190 e. The fraction of sp³-hybridized carbons (Fsp3) is 0.273. The van der Waals surface area contributed by atoms with Gasteiger partial charge in [0.25, 0.3) is 0 Å². The molecular formula is C11H16N4. The summed E-state index contributed by atoms with van der Waals surface area (Å²) in [6, 6.07) is 0. The van der Waals surface area contributed by atoms with E-state index in [1.807, 2.05) is 25.3 Å². The normalized spacial score (nSPS) is 16.6. The summed E-state index contributed by atoms with van der Waals surface area (Å²) in [5, 5.41) is 0. The van der Waals surface area contributed by atoms with Gasteiger partial charge in [-0.3, -0.25) is 4.99 Å². The zero-order valence-corrected chi connectivity index (χ0v) is 8.85. The van der Waals surface area contributed by atoms with Gasteiger partial charge in [0.1, 0.15) is 0 Å². The van der Waals surface area contributed by atoms with Crippen LogP contribution in [0.5, 0.6) is 0 Å². The van der Waals surface area contributed by atoms with Gasteiger partial charge in [-0.2, -0.15) is 0 Å². The predicted octanol–water partition coefficient (Wildman–Crippen LogP) is 1.47. The van der Waals surface area contributed by atoms with Crippen LogP contribution in [0.2, 0.25) is 0 Å². The van der Waals surface area contributed by atoms with Gasteiger partial charge in [0.2, 0.25) is 0 Å². The lowest BCUT2D eigenvalue weighted by molar-refractivity contribution is 1.05. The van der Waals surface area contributed by atoms with Crippen LogP contribution in [0.3, 0.4) is 0 Å². The largest absolute Gasteiger partial charge is 0.370 e. The van der Waals surface area contributed by atoms with Gasteiger partial charge >= 0.3 is 0 Å². The predicted molar refractivity (Wildman–Crippen MR) is 64.5 cm³/mol. The van der Waals surface area contributed by atoms with Gasteiger partial charge in [0.05, 0.1) is 5.70 Å². The van der Waals surface area contributed by atoms with Crippen molar-refractivity contribution in [3.8, 4) is 0 Å². The summed E-state index contributed by atoms with van der Waals surface area (Å²) in [5.74, 6) is 0.0582. The van der Waals surface area contributed by atoms with E-state index >= 15 is 0 Å². The van der Waals surface area contributed by atoms with Crippen LogP contribution < -0.4 is 11.5 Å². The van der Waals surface area contributed by atoms with E-state index in [9.17, 15) is 0 Å². The van der Waals surface area contributed by atoms with Gasteiger partial charge in [0.15, 0.2) is 5.96 Å². The Kier molecular flexibility index (Phi) is 4.34. The molecule has 0 amide bonds. The number of rotatable bonds is 3. The van der Waals surface area contributed by atoms with E-state index in [0.29, 0.717) is 0 Å². The van der Waals surface area contributed by atoms with Gasteiger partial charge < -0.3 is 11.5 Å². The van der Waals surface area contributed by atoms with Crippen molar-refractivity contribution in [3.05, 3.63) is 35.7 Å². The summed E-state index contributed by atoms with van der Waals surface area (Å²) < 4.78 is 0. The number of hydrogen-bond donors (Lipinski definition) is 2. The second kappa shape index (κ2) is 5.80. The summed E-state index contributed by atoms with van der Waals surface area (Å²) >= 11 is 0. The Balaban J connectivity index is 2.73. The van der Waals surface area contributed by atoms with Gasteiger partial charge in [-0.15, -0.1) is 0 Å². The first-order valence-corrected chi connectivity index (χ1v) is 4.88. The molecule has 1 aliphatic heterocycles. The van der Waals surface area contributed by atoms with Crippen molar-refractivity contribution in [1.82, 2.24) is 0 Å². The molecule has 0 radical (unpaired) electrons. The molecular weight excluding hydrogens is 188 g/mol. The molecule has 0 aromatic carbocycles. The highest BCUT2D eigenvalue weighted by atomic mass is 15.0. The van der Waals surface area contributed by atoms with Crippen LogP contribution in [0.15, 0.2) is 45.7 Å². The van der Waals surface area contributed by atoms with Crippen molar-refractivity contribution in [3.63, 3.8) is 0 Å². The minimum Gasteiger partial charge on any atom is -0.370 e. The first-order valence-electron chi connectivity index (χ1n) is 4.88. The quantitative estimate of drug-likeness (QED) is 0.415. The number of guanidine groups is 1. The summed E-state index contributed by atoms with van der Waals surface area (Å²) in [6.45, 7) is 1.96. The van der Waals surface area contributed by atoms with Gasteiger partial charge in [0, 0.05) is 12.4 Å². The van der Waals surface area contributed by atoms with Crippen molar-refractivity contribution in [2.45, 2.75) is 19.8 Å². The third kappa shape index (κ3) is 3.81. The second-order valence-corrected chi connectivity index (χ2v) is 3.09. The molecule has 4 heteroatoms. The summed E-state index contributed by atoms with van der Waals surface area (Å²) in [7, 11) is 0. The highest BCUT2D eigenvalue weighted by molar-refractivity contribution is 5.76. The first kappa shape index (κ1) is 11.2. The van der Waals surface area contributed by atoms with E-state index in [1.165, 1.54) is 0 Å². The Morgan fingerprint density at radius 2 is 2.27 bits per heavy atom. The number of hydrogen-bond acceptors (Lipinski definition) is 2. The van der Waals surface area contributed by atoms with Crippen LogP contribution in [0.1, 0.15) is 19.8 Å². The molecule has 4 N–H and O–H groups in total. The molecule has 80 valence electrons. The molecule has 15 heavy (non-hydrogen) atoms. The third-order valence-corrected chi connectivity index (χ3v) is 1.95. The molecule has 0 spiro atoms. The zero-order chi connectivity index (χ0) is 11.1. The van der Waals surface area contributed by atoms with E-state index in [2.05, 4.69) is 16.1 Å². The van der Waals surface area contributed by atoms with Crippen LogP contribution in [0, 0.1) is 0 Å². The number of nitrogens with zero attached hydrogens (tertiary/aromatic N) is 2. The van der Waals surface area contributed by atoms with Gasteiger partial charge in [-0.1, -0.05) is 12.2 Å². The van der Waals surface area contributed by atoms with Crippen molar-refractivity contribution < 1.29 is 0 Å². The molecule has 1 heterocycles. The van der Waals surface area contributed by atoms with Crippen molar-refractivity contribution in [2.75, 3.05) is 0 Å². The maximum Gasteiger partial charge on any atom is 0.190 e. The third-order valence-electron chi connectivity index (χ3n) is 1.95. The molecule has 0 atom stereocenters. The Bertz CT molecular complexity index is 355. The molecule has 1 aliphatic rings. The van der Waals surface area contributed by atoms with Gasteiger partial charge in [-0.25, -0.2) is 4.99 Å². The van der Waals surface area contributed by atoms with Crippen LogP contribution in [-0.2, 0) is 0 Å². The Labute approximate surface area is 89.8 Å². The summed E-state index contributed by atoms with van der Waals surface area (Å²) in [6.07, 6.45) is 11.5. The molecule has 0 unspecified atom stereocenters. The highest BCUT2D eigenvalue weighted by Gasteiger charge is 2.01. The summed E-state index contributed by atoms with van der Waals surface area (Å²) in [5.41, 5.74) is 12.4. The van der Waals surface area contributed by atoms with Crippen LogP contribution >= 0.6 is 0 Å². The summed E-state index contributed by atoms with van der Waals surface area (Å²) in [4.78, 5) is 8.08. The molecule has 1 rings (SSSR count). The Morgan fingerprint density at radius 1 is 1.47 bits per heavy atom. The first-order chi connectivity index (χ1) is 7.24. The second-order valence-electron chi connectivity index (χ2n) is 3.09. The van der Waals surface area contributed by atoms with E-state index in [1.54, 1.807) is 6.20 Å². The maximum absolute atomic E-state index is 5.21. The van der Waals surface area contributed by atoms with E-state index in [4.69, 9.17) is 11.5 Å². The van der Waals surface area contributed by atoms with Crippen LogP contribution in [0.4, 0.5) is 0 Å². The van der Waals surface area contributed by atoms with Crippen molar-refractivity contribution >= 4 is 12.2 Å². The average molecular weight is 204 g/mol. The van der Waals surface area contributed by atoms with E-state index < -0.39 is 0 Å². The molecule has 0 aliphatic carbocycles. The number of allylic oxidation sites excluding steroid dienone is 3. The van der Waals surface area contributed by atoms with Gasteiger partial charge in [-0.05, 0) is 31.4 Å². The number of nitrogens with two attached hydrogens (primary N) is 2. The Morgan fingerprint density at radius 3 is 2.80 bits per heavy atom. The zero-order valence-electron chi connectivity index (χ0n) is 8.85. The molecule has 4 nitrogen and oxygen atoms in total. The fourth-order valence-corrected chi connectivity index (χ4v) is 1.24. The standard InChI is InChI=1S/C11H16N4/c1-2-9(6-8-15-11(12)13)10-5-3-4-7-14-10/h2,5-8H,3-4H2,1H3,(H4,12,13,15)/b8-6-,9-2+. The minimum atomic E-state index is 0.0582. The molecule has 0 saturated heterocycles. The highest BCUT2D eigenvalue weighted by Crippen LogP contribution is 2.17. The Hall–Kier alpha value is -1.84. The van der Waals surface area contributed by atoms with E-state index in [-0.39, 0.29) is 5.96 Å². The molecule has 0 aromatic heterocycles. The lowest BCUT2D eigenvalue weighted by atomic mass is 10.1. The van der Waals surface area contributed by atoms with Crippen molar-refractivity contribution in [2.24, 2.45) is 21.5 Å². The molecule has 0 saturated carbocycles. The topological polar surface area (TPSA) is 76.8 Å². The minimum absolute atomic E-state index is 0.0582. The SMILES string of the molecule is C/C=C(\C=C/N=C(N)N)C1=CCCC=N1. The van der Waals surface area contributed by atoms with Crippen molar-refractivity contribution in [1.29, 1.82) is 0 Å². The monoisotopic (exact) mass is 204 g/mol. The average Bonchev–Trinajstić information content (AvgIpc) is 2.25. The van der Waals surface area contributed by atoms with Crippen LogP contribution in [0.25, 0.3) is 0 Å². The maximum atomic E-state index is 5.21.